The molecule has 0 radical (unpaired) electrons. The maximum atomic E-state index is 13.3. The maximum absolute atomic E-state index is 13.3. The number of thiazole rings is 1. The third-order valence-corrected chi connectivity index (χ3v) is 6.68. The van der Waals surface area contributed by atoms with Crippen molar-refractivity contribution in [1.29, 1.82) is 0 Å². The molecule has 2 unspecified atom stereocenters. The lowest BCUT2D eigenvalue weighted by Crippen LogP contribution is -2.51. The second kappa shape index (κ2) is 12.7. The Labute approximate surface area is 195 Å². The zero-order valence-corrected chi connectivity index (χ0v) is 20.1. The van der Waals surface area contributed by atoms with Gasteiger partial charge in [-0.15, -0.1) is 23.7 Å². The number of unbranched alkanes of at least 4 members (excludes halogenated alkanes) is 1. The van der Waals surface area contributed by atoms with E-state index in [1.165, 1.54) is 0 Å². The zero-order chi connectivity index (χ0) is 22.8. The minimum absolute atomic E-state index is 0.00159. The van der Waals surface area contributed by atoms with Gasteiger partial charge in [-0.1, -0.05) is 37.1 Å². The highest BCUT2D eigenvalue weighted by Crippen LogP contribution is 2.33. The van der Waals surface area contributed by atoms with E-state index < -0.39 is 6.04 Å². The number of terminal acetylenes is 1. The number of carbonyl (C=O) groups is 2. The van der Waals surface area contributed by atoms with Crippen LogP contribution in [-0.4, -0.2) is 34.3 Å². The highest BCUT2D eigenvalue weighted by Gasteiger charge is 2.37. The Kier molecular flexibility index (Phi) is 10.3. The number of likely N-dealkylation sites (tertiary alicyclic amines) is 1. The summed E-state index contributed by atoms with van der Waals surface area (Å²) in [5.74, 6) is 2.33. The van der Waals surface area contributed by atoms with Crippen LogP contribution >= 0.6 is 22.9 Å². The Morgan fingerprint density at radius 1 is 1.48 bits per heavy atom. The molecule has 0 saturated carbocycles. The molecule has 0 aliphatic carbocycles. The summed E-state index contributed by atoms with van der Waals surface area (Å²) in [5, 5.41) is 5.85. The molecule has 31 heavy (non-hydrogen) atoms. The largest absolute Gasteiger partial charge is 0.340 e. The van der Waals surface area contributed by atoms with Crippen molar-refractivity contribution < 1.29 is 9.59 Å². The molecule has 0 aromatic carbocycles. The standard InChI is InChI=1S/C24H32ClN3O2S/c1-5-6-7-9-19(16-25)12-11-18(4)22(29)27-21(17(2)3)24(30)28-14-8-10-20(28)23-26-13-15-31-23/h1,11,13,15-17,20-21H,6-10,12,14H2,2-4H3,(H,27,29)/b18-11+,19-16-. The summed E-state index contributed by atoms with van der Waals surface area (Å²) >= 11 is 7.48. The minimum Gasteiger partial charge on any atom is -0.340 e. The SMILES string of the molecule is C#CCCC/C(=C/Cl)C/C=C(\C)C(=O)NC(C(=O)N1CCCC1c1nccs1)C(C)C. The van der Waals surface area contributed by atoms with E-state index in [0.717, 1.165) is 36.3 Å². The number of amides is 2. The molecule has 2 rings (SSSR count). The topological polar surface area (TPSA) is 62.3 Å². The highest BCUT2D eigenvalue weighted by atomic mass is 35.5. The van der Waals surface area contributed by atoms with E-state index in [2.05, 4.69) is 16.2 Å². The van der Waals surface area contributed by atoms with Gasteiger partial charge in [-0.25, -0.2) is 4.98 Å². The van der Waals surface area contributed by atoms with Crippen molar-refractivity contribution in [1.82, 2.24) is 15.2 Å². The number of allylic oxidation sites excluding steroid dienone is 2. The molecule has 0 bridgehead atoms. The number of hydrogen-bond donors (Lipinski definition) is 1. The molecule has 7 heteroatoms. The molecule has 1 aromatic heterocycles. The first kappa shape index (κ1) is 25.2. The second-order valence-electron chi connectivity index (χ2n) is 8.17. The van der Waals surface area contributed by atoms with Crippen molar-refractivity contribution in [3.8, 4) is 12.3 Å². The Morgan fingerprint density at radius 2 is 2.26 bits per heavy atom. The first-order valence-corrected chi connectivity index (χ1v) is 12.1. The fourth-order valence-electron chi connectivity index (χ4n) is 3.63. The average Bonchev–Trinajstić information content (AvgIpc) is 3.44. The first-order valence-electron chi connectivity index (χ1n) is 10.8. The first-order chi connectivity index (χ1) is 14.9. The third kappa shape index (κ3) is 7.22. The number of hydrogen-bond acceptors (Lipinski definition) is 4. The van der Waals surface area contributed by atoms with E-state index in [0.29, 0.717) is 25.0 Å². The van der Waals surface area contributed by atoms with Crippen molar-refractivity contribution in [2.24, 2.45) is 5.92 Å². The van der Waals surface area contributed by atoms with E-state index in [1.54, 1.807) is 30.0 Å². The van der Waals surface area contributed by atoms with Gasteiger partial charge in [0.25, 0.3) is 0 Å². The van der Waals surface area contributed by atoms with Crippen LogP contribution in [0.25, 0.3) is 0 Å². The molecular weight excluding hydrogens is 430 g/mol. The lowest BCUT2D eigenvalue weighted by Gasteiger charge is -2.30. The molecule has 0 spiro atoms. The zero-order valence-electron chi connectivity index (χ0n) is 18.6. The molecule has 1 aromatic rings. The third-order valence-electron chi connectivity index (χ3n) is 5.49. The fourth-order valence-corrected chi connectivity index (χ4v) is 4.61. The van der Waals surface area contributed by atoms with Gasteiger partial charge < -0.3 is 10.2 Å². The lowest BCUT2D eigenvalue weighted by molar-refractivity contribution is -0.137. The smallest absolute Gasteiger partial charge is 0.247 e. The van der Waals surface area contributed by atoms with Gasteiger partial charge in [0.05, 0.1) is 6.04 Å². The molecule has 168 valence electrons. The molecule has 1 aliphatic rings. The quantitative estimate of drug-likeness (QED) is 0.295. The number of carbonyl (C=O) groups excluding carboxylic acids is 2. The van der Waals surface area contributed by atoms with Crippen molar-refractivity contribution >= 4 is 34.8 Å². The van der Waals surface area contributed by atoms with Crippen LogP contribution in [0.1, 0.15) is 70.3 Å². The van der Waals surface area contributed by atoms with Gasteiger partial charge in [0.15, 0.2) is 0 Å². The van der Waals surface area contributed by atoms with Crippen LogP contribution in [0.5, 0.6) is 0 Å². The number of rotatable bonds is 10. The minimum atomic E-state index is -0.574. The number of halogens is 1. The Morgan fingerprint density at radius 3 is 2.87 bits per heavy atom. The Balaban J connectivity index is 2.02. The normalized spacial score (nSPS) is 18.2. The summed E-state index contributed by atoms with van der Waals surface area (Å²) in [6.45, 7) is 6.36. The molecule has 1 aliphatic heterocycles. The molecule has 1 fully saturated rings. The summed E-state index contributed by atoms with van der Waals surface area (Å²) in [5.41, 5.74) is 3.17. The summed E-state index contributed by atoms with van der Waals surface area (Å²) in [6, 6.07) is -0.572. The summed E-state index contributed by atoms with van der Waals surface area (Å²) in [6.07, 6.45) is 13.7. The van der Waals surface area contributed by atoms with Gasteiger partial charge in [-0.2, -0.15) is 0 Å². The highest BCUT2D eigenvalue weighted by molar-refractivity contribution is 7.09. The summed E-state index contributed by atoms with van der Waals surface area (Å²) < 4.78 is 0. The van der Waals surface area contributed by atoms with Crippen LogP contribution < -0.4 is 5.32 Å². The molecule has 2 atom stereocenters. The number of nitrogens with zero attached hydrogens (tertiary/aromatic N) is 2. The molecule has 2 amide bonds. The average molecular weight is 462 g/mol. The molecule has 1 saturated heterocycles. The van der Waals surface area contributed by atoms with Crippen molar-refractivity contribution in [2.45, 2.75) is 71.4 Å². The fraction of sp³-hybridized carbons (Fsp3) is 0.542. The van der Waals surface area contributed by atoms with Crippen LogP contribution in [0.2, 0.25) is 0 Å². The van der Waals surface area contributed by atoms with Crippen LogP contribution in [0, 0.1) is 18.3 Å². The van der Waals surface area contributed by atoms with Gasteiger partial charge in [0.2, 0.25) is 11.8 Å². The maximum Gasteiger partial charge on any atom is 0.247 e. The van der Waals surface area contributed by atoms with Crippen LogP contribution in [0.4, 0.5) is 0 Å². The van der Waals surface area contributed by atoms with Gasteiger partial charge in [-0.05, 0) is 44.9 Å². The van der Waals surface area contributed by atoms with E-state index in [1.807, 2.05) is 30.2 Å². The number of nitrogens with one attached hydrogen (secondary N) is 1. The molecule has 5 nitrogen and oxygen atoms in total. The summed E-state index contributed by atoms with van der Waals surface area (Å²) in [7, 11) is 0. The van der Waals surface area contributed by atoms with E-state index in [4.69, 9.17) is 18.0 Å². The van der Waals surface area contributed by atoms with Crippen molar-refractivity contribution in [2.75, 3.05) is 6.54 Å². The molecule has 2 heterocycles. The van der Waals surface area contributed by atoms with E-state index in [-0.39, 0.29) is 23.8 Å². The Bertz CT molecular complexity index is 840. The second-order valence-corrected chi connectivity index (χ2v) is 9.32. The lowest BCUT2D eigenvalue weighted by atomic mass is 10.0. The predicted octanol–water partition coefficient (Wildman–Crippen LogP) is 5.21. The van der Waals surface area contributed by atoms with Crippen LogP contribution in [0.15, 0.2) is 34.3 Å². The van der Waals surface area contributed by atoms with Gasteiger partial charge in [0, 0.05) is 35.7 Å². The van der Waals surface area contributed by atoms with Crippen molar-refractivity contribution in [3.63, 3.8) is 0 Å². The van der Waals surface area contributed by atoms with E-state index in [9.17, 15) is 9.59 Å². The van der Waals surface area contributed by atoms with Crippen LogP contribution in [0.3, 0.4) is 0 Å². The monoisotopic (exact) mass is 461 g/mol. The van der Waals surface area contributed by atoms with Gasteiger partial charge >= 0.3 is 0 Å². The van der Waals surface area contributed by atoms with Gasteiger partial charge in [0.1, 0.15) is 11.0 Å². The summed E-state index contributed by atoms with van der Waals surface area (Å²) in [4.78, 5) is 32.4. The predicted molar refractivity (Wildman–Crippen MR) is 128 cm³/mol. The van der Waals surface area contributed by atoms with Crippen molar-refractivity contribution in [3.05, 3.63) is 39.3 Å². The number of aromatic nitrogens is 1. The molecular formula is C24H32ClN3O2S. The van der Waals surface area contributed by atoms with Gasteiger partial charge in [-0.3, -0.25) is 9.59 Å². The van der Waals surface area contributed by atoms with E-state index >= 15 is 0 Å². The van der Waals surface area contributed by atoms with Crippen LogP contribution in [-0.2, 0) is 9.59 Å². The Hall–Kier alpha value is -2.10. The molecule has 1 N–H and O–H groups in total.